The first-order valence-electron chi connectivity index (χ1n) is 8.68. The van der Waals surface area contributed by atoms with Crippen LogP contribution in [-0.2, 0) is 9.53 Å². The third kappa shape index (κ3) is 16.9. The Balaban J connectivity index is 3.21. The first-order valence-corrected chi connectivity index (χ1v) is 8.68. The Bertz CT molecular complexity index is 292. The van der Waals surface area contributed by atoms with Crippen molar-refractivity contribution < 1.29 is 9.53 Å². The summed E-state index contributed by atoms with van der Waals surface area (Å²) in [7, 11) is 0. The molecule has 0 unspecified atom stereocenters. The van der Waals surface area contributed by atoms with Crippen LogP contribution in [0.5, 0.6) is 0 Å². The maximum absolute atomic E-state index is 11.4. The van der Waals surface area contributed by atoms with Crippen LogP contribution < -0.4 is 0 Å². The minimum absolute atomic E-state index is 0.136. The van der Waals surface area contributed by atoms with E-state index in [2.05, 4.69) is 13.5 Å². The molecule has 0 heterocycles. The van der Waals surface area contributed by atoms with Gasteiger partial charge in [0.15, 0.2) is 0 Å². The summed E-state index contributed by atoms with van der Waals surface area (Å²) < 4.78 is 4.96. The van der Waals surface area contributed by atoms with Crippen molar-refractivity contribution in [2.45, 2.75) is 90.9 Å². The predicted molar refractivity (Wildman–Crippen MR) is 91.1 cm³/mol. The van der Waals surface area contributed by atoms with Crippen molar-refractivity contribution in [3.05, 3.63) is 24.5 Å². The van der Waals surface area contributed by atoms with Gasteiger partial charge in [-0.05, 0) is 19.4 Å². The molecule has 0 aliphatic heterocycles. The van der Waals surface area contributed by atoms with Gasteiger partial charge in [0, 0.05) is 6.42 Å². The summed E-state index contributed by atoms with van der Waals surface area (Å²) >= 11 is 0. The molecule has 0 aromatic rings. The Kier molecular flexibility index (Phi) is 14.6. The predicted octanol–water partition coefficient (Wildman–Crippen LogP) is 6.32. The summed E-state index contributed by atoms with van der Waals surface area (Å²) in [5.74, 6) is -0.136. The number of ether oxygens (including phenoxy) is 1. The molecule has 0 N–H and O–H groups in total. The van der Waals surface area contributed by atoms with Gasteiger partial charge in [0.2, 0.25) is 0 Å². The van der Waals surface area contributed by atoms with Crippen LogP contribution in [0.15, 0.2) is 24.5 Å². The molecule has 0 saturated carbocycles. The second-order valence-corrected chi connectivity index (χ2v) is 5.92. The largest absolute Gasteiger partial charge is 0.434 e. The topological polar surface area (TPSA) is 26.3 Å². The number of esters is 1. The van der Waals surface area contributed by atoms with Crippen molar-refractivity contribution >= 4 is 5.97 Å². The van der Waals surface area contributed by atoms with Crippen LogP contribution in [-0.4, -0.2) is 5.97 Å². The van der Waals surface area contributed by atoms with E-state index in [9.17, 15) is 4.79 Å². The minimum atomic E-state index is -0.136. The highest BCUT2D eigenvalue weighted by atomic mass is 16.5. The van der Waals surface area contributed by atoms with Gasteiger partial charge >= 0.3 is 5.97 Å². The summed E-state index contributed by atoms with van der Waals surface area (Å²) in [6, 6.07) is 0. The number of carbonyl (C=O) groups is 1. The van der Waals surface area contributed by atoms with Gasteiger partial charge in [0.1, 0.15) is 0 Å². The monoisotopic (exact) mass is 294 g/mol. The van der Waals surface area contributed by atoms with Gasteiger partial charge in [-0.3, -0.25) is 4.79 Å². The van der Waals surface area contributed by atoms with E-state index in [1.165, 1.54) is 64.0 Å². The Morgan fingerprint density at radius 2 is 1.38 bits per heavy atom. The Morgan fingerprint density at radius 1 is 0.905 bits per heavy atom. The van der Waals surface area contributed by atoms with Gasteiger partial charge in [0.05, 0.1) is 6.26 Å². The second kappa shape index (κ2) is 15.3. The van der Waals surface area contributed by atoms with Crippen molar-refractivity contribution in [3.63, 3.8) is 0 Å². The third-order valence-electron chi connectivity index (χ3n) is 3.54. The fourth-order valence-corrected chi connectivity index (χ4v) is 2.22. The Morgan fingerprint density at radius 3 is 1.86 bits per heavy atom. The molecule has 0 radical (unpaired) electrons. The van der Waals surface area contributed by atoms with Crippen molar-refractivity contribution in [3.8, 4) is 0 Å². The molecular formula is C19H34O2. The fourth-order valence-electron chi connectivity index (χ4n) is 2.22. The molecule has 2 nitrogen and oxygen atoms in total. The zero-order valence-electron chi connectivity index (χ0n) is 14.2. The summed E-state index contributed by atoms with van der Waals surface area (Å²) in [6.07, 6.45) is 17.9. The van der Waals surface area contributed by atoms with E-state index in [-0.39, 0.29) is 5.97 Å². The average molecular weight is 294 g/mol. The lowest BCUT2D eigenvalue weighted by Gasteiger charge is -2.02. The van der Waals surface area contributed by atoms with E-state index in [1.807, 2.05) is 6.92 Å². The highest BCUT2D eigenvalue weighted by Crippen LogP contribution is 2.12. The number of unbranched alkanes of at least 4 members (excludes halogenated alkanes) is 10. The molecule has 0 bridgehead atoms. The van der Waals surface area contributed by atoms with E-state index in [0.29, 0.717) is 6.42 Å². The van der Waals surface area contributed by atoms with E-state index in [1.54, 1.807) is 6.08 Å². The molecular weight excluding hydrogens is 260 g/mol. The van der Waals surface area contributed by atoms with Crippen molar-refractivity contribution in [2.24, 2.45) is 0 Å². The number of rotatable bonds is 14. The van der Waals surface area contributed by atoms with Crippen LogP contribution >= 0.6 is 0 Å². The number of hydrogen-bond donors (Lipinski definition) is 0. The van der Waals surface area contributed by atoms with E-state index in [4.69, 9.17) is 4.74 Å². The van der Waals surface area contributed by atoms with E-state index < -0.39 is 0 Å². The standard InChI is InChI=1S/C19H34O2/c1-4-5-6-7-8-9-10-11-12-13-14-15-19(20)21-17-16-18(2)3/h16-17H,2,4-15H2,1,3H3. The van der Waals surface area contributed by atoms with Gasteiger partial charge in [-0.1, -0.05) is 83.3 Å². The van der Waals surface area contributed by atoms with Crippen LogP contribution in [0.4, 0.5) is 0 Å². The highest BCUT2D eigenvalue weighted by molar-refractivity contribution is 5.69. The van der Waals surface area contributed by atoms with Crippen LogP contribution in [0.3, 0.4) is 0 Å². The van der Waals surface area contributed by atoms with Crippen LogP contribution in [0.2, 0.25) is 0 Å². The lowest BCUT2D eigenvalue weighted by Crippen LogP contribution is -1.98. The van der Waals surface area contributed by atoms with Crippen molar-refractivity contribution in [1.82, 2.24) is 0 Å². The van der Waals surface area contributed by atoms with Gasteiger partial charge < -0.3 is 4.74 Å². The molecule has 0 saturated heterocycles. The first kappa shape index (κ1) is 19.9. The third-order valence-corrected chi connectivity index (χ3v) is 3.54. The number of hydrogen-bond acceptors (Lipinski definition) is 2. The molecule has 2 heteroatoms. The first-order chi connectivity index (χ1) is 10.2. The molecule has 21 heavy (non-hydrogen) atoms. The lowest BCUT2D eigenvalue weighted by atomic mass is 10.1. The van der Waals surface area contributed by atoms with E-state index >= 15 is 0 Å². The van der Waals surface area contributed by atoms with Crippen molar-refractivity contribution in [2.75, 3.05) is 0 Å². The summed E-state index contributed by atoms with van der Waals surface area (Å²) in [4.78, 5) is 11.4. The minimum Gasteiger partial charge on any atom is -0.434 e. The smallest absolute Gasteiger partial charge is 0.310 e. The maximum atomic E-state index is 11.4. The van der Waals surface area contributed by atoms with Crippen LogP contribution in [0.25, 0.3) is 0 Å². The summed E-state index contributed by atoms with van der Waals surface area (Å²) in [6.45, 7) is 7.83. The van der Waals surface area contributed by atoms with E-state index in [0.717, 1.165) is 18.4 Å². The van der Waals surface area contributed by atoms with Gasteiger partial charge in [0.25, 0.3) is 0 Å². The van der Waals surface area contributed by atoms with Crippen molar-refractivity contribution in [1.29, 1.82) is 0 Å². The number of carbonyl (C=O) groups excluding carboxylic acids is 1. The molecule has 0 rings (SSSR count). The quantitative estimate of drug-likeness (QED) is 0.162. The highest BCUT2D eigenvalue weighted by Gasteiger charge is 2.00. The lowest BCUT2D eigenvalue weighted by molar-refractivity contribution is -0.138. The molecule has 122 valence electrons. The molecule has 0 aliphatic carbocycles. The SMILES string of the molecule is C=C(C)C=COC(=O)CCCCCCCCCCCCC. The summed E-state index contributed by atoms with van der Waals surface area (Å²) in [5.41, 5.74) is 0.887. The van der Waals surface area contributed by atoms with Gasteiger partial charge in [-0.15, -0.1) is 0 Å². The molecule has 0 spiro atoms. The molecule has 0 aliphatic rings. The van der Waals surface area contributed by atoms with Crippen LogP contribution in [0.1, 0.15) is 90.9 Å². The average Bonchev–Trinajstić information content (AvgIpc) is 2.44. The molecule has 0 atom stereocenters. The van der Waals surface area contributed by atoms with Crippen LogP contribution in [0, 0.1) is 0 Å². The molecule has 0 aromatic carbocycles. The van der Waals surface area contributed by atoms with Gasteiger partial charge in [-0.2, -0.15) is 0 Å². The maximum Gasteiger partial charge on any atom is 0.310 e. The zero-order chi connectivity index (χ0) is 15.8. The zero-order valence-corrected chi connectivity index (χ0v) is 14.2. The molecule has 0 aromatic heterocycles. The van der Waals surface area contributed by atoms with Gasteiger partial charge in [-0.25, -0.2) is 0 Å². The fraction of sp³-hybridized carbons (Fsp3) is 0.737. The Labute approximate surface area is 131 Å². The summed E-state index contributed by atoms with van der Waals surface area (Å²) in [5, 5.41) is 0. The molecule has 0 fully saturated rings. The number of allylic oxidation sites excluding steroid dienone is 2. The second-order valence-electron chi connectivity index (χ2n) is 5.92. The Hall–Kier alpha value is -1.05. The molecule has 0 amide bonds. The normalized spacial score (nSPS) is 11.0.